The molecule has 0 atom stereocenters. The van der Waals surface area contributed by atoms with Crippen molar-refractivity contribution in [3.05, 3.63) is 47.7 Å². The van der Waals surface area contributed by atoms with Crippen LogP contribution < -0.4 is 10.1 Å². The highest BCUT2D eigenvalue weighted by atomic mass is 16.5. The van der Waals surface area contributed by atoms with Gasteiger partial charge < -0.3 is 20.3 Å². The Morgan fingerprint density at radius 3 is 2.75 bits per heavy atom. The highest BCUT2D eigenvalue weighted by Gasteiger charge is 2.08. The van der Waals surface area contributed by atoms with Gasteiger partial charge in [-0.1, -0.05) is 0 Å². The van der Waals surface area contributed by atoms with Crippen molar-refractivity contribution in [2.75, 3.05) is 7.11 Å². The molecule has 2 rings (SSSR count). The quantitative estimate of drug-likeness (QED) is 0.734. The number of phenolic OH excluding ortho intramolecular Hbond substituents is 2. The topological polar surface area (TPSA) is 91.7 Å². The van der Waals surface area contributed by atoms with Crippen LogP contribution in [0.1, 0.15) is 15.9 Å². The maximum absolute atomic E-state index is 11.9. The van der Waals surface area contributed by atoms with Crippen LogP contribution >= 0.6 is 0 Å². The van der Waals surface area contributed by atoms with Gasteiger partial charge in [-0.15, -0.1) is 0 Å². The van der Waals surface area contributed by atoms with E-state index in [0.717, 1.165) is 5.56 Å². The van der Waals surface area contributed by atoms with Gasteiger partial charge in [-0.05, 0) is 29.8 Å². The van der Waals surface area contributed by atoms with Gasteiger partial charge in [-0.2, -0.15) is 0 Å². The number of rotatable bonds is 4. The fourth-order valence-corrected chi connectivity index (χ4v) is 1.62. The summed E-state index contributed by atoms with van der Waals surface area (Å²) in [5.41, 5.74) is 1.11. The van der Waals surface area contributed by atoms with E-state index < -0.39 is 0 Å². The Morgan fingerprint density at radius 2 is 2.05 bits per heavy atom. The second-order valence-corrected chi connectivity index (χ2v) is 4.09. The predicted molar refractivity (Wildman–Crippen MR) is 71.7 cm³/mol. The lowest BCUT2D eigenvalue weighted by Gasteiger charge is -2.07. The second kappa shape index (κ2) is 5.92. The molecule has 6 nitrogen and oxygen atoms in total. The van der Waals surface area contributed by atoms with Gasteiger partial charge in [0.2, 0.25) is 5.88 Å². The number of pyridine rings is 1. The number of phenols is 2. The zero-order chi connectivity index (χ0) is 14.5. The number of hydrogen-bond acceptors (Lipinski definition) is 5. The van der Waals surface area contributed by atoms with Crippen molar-refractivity contribution in [3.63, 3.8) is 0 Å². The number of nitrogens with zero attached hydrogens (tertiary/aromatic N) is 1. The highest BCUT2D eigenvalue weighted by molar-refractivity contribution is 5.94. The van der Waals surface area contributed by atoms with E-state index >= 15 is 0 Å². The summed E-state index contributed by atoms with van der Waals surface area (Å²) >= 11 is 0. The minimum absolute atomic E-state index is 0.263. The summed E-state index contributed by atoms with van der Waals surface area (Å²) in [6.45, 7) is 0.305. The van der Waals surface area contributed by atoms with Crippen LogP contribution in [0.3, 0.4) is 0 Å². The fourth-order valence-electron chi connectivity index (χ4n) is 1.62. The Balaban J connectivity index is 2.02. The molecule has 0 saturated carbocycles. The van der Waals surface area contributed by atoms with Gasteiger partial charge in [-0.3, -0.25) is 4.79 Å². The predicted octanol–water partition coefficient (Wildman–Crippen LogP) is 1.43. The number of aromatic nitrogens is 1. The first-order chi connectivity index (χ1) is 9.60. The SMILES string of the molecule is COc1cc(CNC(=O)c2ccc(O)c(O)c2)ccn1. The summed E-state index contributed by atoms with van der Waals surface area (Å²) in [5.74, 6) is -0.473. The zero-order valence-electron chi connectivity index (χ0n) is 10.8. The minimum Gasteiger partial charge on any atom is -0.504 e. The van der Waals surface area contributed by atoms with Crippen LogP contribution in [0, 0.1) is 0 Å². The number of ether oxygens (including phenoxy) is 1. The number of hydrogen-bond donors (Lipinski definition) is 3. The molecule has 1 aromatic carbocycles. The molecule has 1 amide bonds. The number of amides is 1. The first-order valence-electron chi connectivity index (χ1n) is 5.89. The Kier molecular flexibility index (Phi) is 4.05. The standard InChI is InChI=1S/C14H14N2O4/c1-20-13-6-9(4-5-15-13)8-16-14(19)10-2-3-11(17)12(18)7-10/h2-7,17-18H,8H2,1H3,(H,16,19). The van der Waals surface area contributed by atoms with E-state index in [1.54, 1.807) is 18.3 Å². The number of carbonyl (C=O) groups is 1. The summed E-state index contributed by atoms with van der Waals surface area (Å²) in [6, 6.07) is 7.38. The van der Waals surface area contributed by atoms with Crippen molar-refractivity contribution in [1.29, 1.82) is 0 Å². The third kappa shape index (κ3) is 3.17. The highest BCUT2D eigenvalue weighted by Crippen LogP contribution is 2.24. The van der Waals surface area contributed by atoms with Gasteiger partial charge in [0.1, 0.15) is 0 Å². The first-order valence-corrected chi connectivity index (χ1v) is 5.89. The summed E-state index contributed by atoms with van der Waals surface area (Å²) in [7, 11) is 1.52. The molecule has 3 N–H and O–H groups in total. The molecule has 0 aliphatic heterocycles. The van der Waals surface area contributed by atoms with Crippen LogP contribution in [0.2, 0.25) is 0 Å². The van der Waals surface area contributed by atoms with E-state index in [-0.39, 0.29) is 23.0 Å². The summed E-state index contributed by atoms with van der Waals surface area (Å²) < 4.78 is 4.99. The molecule has 1 heterocycles. The largest absolute Gasteiger partial charge is 0.504 e. The number of nitrogens with one attached hydrogen (secondary N) is 1. The maximum Gasteiger partial charge on any atom is 0.251 e. The lowest BCUT2D eigenvalue weighted by Crippen LogP contribution is -2.22. The summed E-state index contributed by atoms with van der Waals surface area (Å²) in [5, 5.41) is 21.2. The third-order valence-electron chi connectivity index (χ3n) is 2.70. The third-order valence-corrected chi connectivity index (χ3v) is 2.70. The maximum atomic E-state index is 11.9. The van der Waals surface area contributed by atoms with Crippen LogP contribution in [-0.4, -0.2) is 28.2 Å². The van der Waals surface area contributed by atoms with E-state index in [9.17, 15) is 15.0 Å². The molecule has 0 unspecified atom stereocenters. The molecule has 104 valence electrons. The van der Waals surface area contributed by atoms with Gasteiger partial charge in [0.15, 0.2) is 11.5 Å². The van der Waals surface area contributed by atoms with Gasteiger partial charge in [0.05, 0.1) is 7.11 Å². The van der Waals surface area contributed by atoms with Crippen LogP contribution in [-0.2, 0) is 6.54 Å². The monoisotopic (exact) mass is 274 g/mol. The number of methoxy groups -OCH3 is 1. The number of benzene rings is 1. The summed E-state index contributed by atoms with van der Waals surface area (Å²) in [6.07, 6.45) is 1.59. The first kappa shape index (κ1) is 13.7. The molecule has 1 aromatic heterocycles. The van der Waals surface area contributed by atoms with E-state index in [1.165, 1.54) is 25.3 Å². The van der Waals surface area contributed by atoms with Crippen molar-refractivity contribution in [2.24, 2.45) is 0 Å². The van der Waals surface area contributed by atoms with Crippen molar-refractivity contribution >= 4 is 5.91 Å². The van der Waals surface area contributed by atoms with Gasteiger partial charge in [-0.25, -0.2) is 4.98 Å². The zero-order valence-corrected chi connectivity index (χ0v) is 10.8. The van der Waals surface area contributed by atoms with E-state index in [1.807, 2.05) is 0 Å². The van der Waals surface area contributed by atoms with Gasteiger partial charge >= 0.3 is 0 Å². The van der Waals surface area contributed by atoms with Crippen LogP contribution in [0.25, 0.3) is 0 Å². The molecule has 2 aromatic rings. The summed E-state index contributed by atoms with van der Waals surface area (Å²) in [4.78, 5) is 15.9. The fraction of sp³-hybridized carbons (Fsp3) is 0.143. The molecule has 0 aliphatic rings. The second-order valence-electron chi connectivity index (χ2n) is 4.09. The van der Waals surface area contributed by atoms with E-state index in [4.69, 9.17) is 4.74 Å². The van der Waals surface area contributed by atoms with E-state index in [0.29, 0.717) is 12.4 Å². The average Bonchev–Trinajstić information content (AvgIpc) is 2.47. The normalized spacial score (nSPS) is 10.1. The lowest BCUT2D eigenvalue weighted by molar-refractivity contribution is 0.0950. The minimum atomic E-state index is -0.351. The molecule has 0 bridgehead atoms. The van der Waals surface area contributed by atoms with Crippen LogP contribution in [0.5, 0.6) is 17.4 Å². The van der Waals surface area contributed by atoms with Crippen molar-refractivity contribution in [2.45, 2.75) is 6.54 Å². The molecule has 6 heteroatoms. The molecule has 0 spiro atoms. The molecule has 20 heavy (non-hydrogen) atoms. The van der Waals surface area contributed by atoms with Crippen LogP contribution in [0.15, 0.2) is 36.5 Å². The number of aromatic hydroxyl groups is 2. The molecule has 0 radical (unpaired) electrons. The Bertz CT molecular complexity index is 628. The average molecular weight is 274 g/mol. The molecular weight excluding hydrogens is 260 g/mol. The molecule has 0 fully saturated rings. The van der Waals surface area contributed by atoms with Crippen molar-refractivity contribution in [1.82, 2.24) is 10.3 Å². The molecule has 0 aliphatic carbocycles. The smallest absolute Gasteiger partial charge is 0.251 e. The van der Waals surface area contributed by atoms with E-state index in [2.05, 4.69) is 10.3 Å². The Morgan fingerprint density at radius 1 is 1.25 bits per heavy atom. The van der Waals surface area contributed by atoms with Gasteiger partial charge in [0, 0.05) is 24.4 Å². The van der Waals surface area contributed by atoms with Crippen LogP contribution in [0.4, 0.5) is 0 Å². The van der Waals surface area contributed by atoms with Crippen molar-refractivity contribution < 1.29 is 19.7 Å². The molecule has 0 saturated heterocycles. The Labute approximate surface area is 115 Å². The number of carbonyl (C=O) groups excluding carboxylic acids is 1. The van der Waals surface area contributed by atoms with Crippen molar-refractivity contribution in [3.8, 4) is 17.4 Å². The lowest BCUT2D eigenvalue weighted by atomic mass is 10.2. The van der Waals surface area contributed by atoms with Gasteiger partial charge in [0.25, 0.3) is 5.91 Å². The Hall–Kier alpha value is -2.76. The molecular formula is C14H14N2O4.